The molecule has 3 aliphatic rings. The van der Waals surface area contributed by atoms with Crippen molar-refractivity contribution in [2.45, 2.75) is 19.9 Å². The SMILES string of the molecule is CCNC(=NCc1ccccn1)NCCN1C(=O)C2C3C=CC(C3)C2C1=O.I. The third kappa shape index (κ3) is 3.92. The molecule has 2 amide bonds. The first-order chi connectivity index (χ1) is 13.2. The summed E-state index contributed by atoms with van der Waals surface area (Å²) < 4.78 is 0. The molecule has 1 aromatic heterocycles. The minimum atomic E-state index is -0.126. The molecule has 4 unspecified atom stereocenters. The van der Waals surface area contributed by atoms with E-state index in [0.29, 0.717) is 25.6 Å². The molecule has 4 rings (SSSR count). The summed E-state index contributed by atoms with van der Waals surface area (Å²) in [4.78, 5) is 35.6. The van der Waals surface area contributed by atoms with Gasteiger partial charge in [0.05, 0.1) is 24.1 Å². The summed E-state index contributed by atoms with van der Waals surface area (Å²) in [5, 5.41) is 6.39. The highest BCUT2D eigenvalue weighted by molar-refractivity contribution is 14.0. The first-order valence-corrected chi connectivity index (χ1v) is 9.64. The van der Waals surface area contributed by atoms with Crippen molar-refractivity contribution in [3.05, 3.63) is 42.2 Å². The Hall–Kier alpha value is -1.97. The van der Waals surface area contributed by atoms with Crippen molar-refractivity contribution < 1.29 is 9.59 Å². The van der Waals surface area contributed by atoms with E-state index in [-0.39, 0.29) is 59.5 Å². The van der Waals surface area contributed by atoms with Gasteiger partial charge in [0.1, 0.15) is 0 Å². The number of nitrogens with zero attached hydrogens (tertiary/aromatic N) is 3. The molecule has 0 radical (unpaired) electrons. The van der Waals surface area contributed by atoms with Crippen molar-refractivity contribution in [3.63, 3.8) is 0 Å². The number of aliphatic imine (C=N–C) groups is 1. The fourth-order valence-electron chi connectivity index (χ4n) is 4.46. The van der Waals surface area contributed by atoms with Crippen LogP contribution in [-0.4, -0.2) is 47.3 Å². The summed E-state index contributed by atoms with van der Waals surface area (Å²) in [5.41, 5.74) is 0.885. The van der Waals surface area contributed by atoms with E-state index in [9.17, 15) is 9.59 Å². The third-order valence-corrected chi connectivity index (χ3v) is 5.66. The van der Waals surface area contributed by atoms with Gasteiger partial charge in [-0.2, -0.15) is 0 Å². The minimum absolute atomic E-state index is 0. The zero-order valence-electron chi connectivity index (χ0n) is 15.9. The second-order valence-corrected chi connectivity index (χ2v) is 7.27. The van der Waals surface area contributed by atoms with Crippen molar-refractivity contribution in [3.8, 4) is 0 Å². The largest absolute Gasteiger partial charge is 0.357 e. The number of pyridine rings is 1. The van der Waals surface area contributed by atoms with Gasteiger partial charge in [-0.05, 0) is 37.3 Å². The van der Waals surface area contributed by atoms with Gasteiger partial charge in [-0.25, -0.2) is 4.99 Å². The van der Waals surface area contributed by atoms with E-state index in [2.05, 4.69) is 32.8 Å². The van der Waals surface area contributed by atoms with Crippen molar-refractivity contribution >= 4 is 41.8 Å². The molecule has 2 N–H and O–H groups in total. The Morgan fingerprint density at radius 3 is 2.50 bits per heavy atom. The molecule has 0 spiro atoms. The topological polar surface area (TPSA) is 86.7 Å². The second-order valence-electron chi connectivity index (χ2n) is 7.27. The second kappa shape index (κ2) is 9.02. The van der Waals surface area contributed by atoms with Gasteiger partial charge in [-0.1, -0.05) is 18.2 Å². The smallest absolute Gasteiger partial charge is 0.233 e. The van der Waals surface area contributed by atoms with E-state index < -0.39 is 0 Å². The Kier molecular flexibility index (Phi) is 6.69. The molecule has 2 heterocycles. The number of hydrogen-bond donors (Lipinski definition) is 2. The van der Waals surface area contributed by atoms with Crippen molar-refractivity contribution in [2.24, 2.45) is 28.7 Å². The molecule has 8 heteroatoms. The first kappa shape index (κ1) is 20.8. The monoisotopic (exact) mass is 495 g/mol. The number of likely N-dealkylation sites (tertiary alicyclic amines) is 1. The van der Waals surface area contributed by atoms with E-state index in [1.807, 2.05) is 25.1 Å². The highest BCUT2D eigenvalue weighted by Gasteiger charge is 2.58. The fourth-order valence-corrected chi connectivity index (χ4v) is 4.46. The van der Waals surface area contributed by atoms with Crippen LogP contribution in [0.15, 0.2) is 41.5 Å². The zero-order chi connectivity index (χ0) is 18.8. The molecule has 150 valence electrons. The lowest BCUT2D eigenvalue weighted by molar-refractivity contribution is -0.140. The number of guanidine groups is 1. The van der Waals surface area contributed by atoms with Gasteiger partial charge in [0.15, 0.2) is 5.96 Å². The van der Waals surface area contributed by atoms with Gasteiger partial charge in [-0.15, -0.1) is 24.0 Å². The maximum absolute atomic E-state index is 12.7. The van der Waals surface area contributed by atoms with Crippen LogP contribution in [0.1, 0.15) is 19.0 Å². The lowest BCUT2D eigenvalue weighted by atomic mass is 9.85. The summed E-state index contributed by atoms with van der Waals surface area (Å²) in [6.07, 6.45) is 6.94. The Labute approximate surface area is 182 Å². The van der Waals surface area contributed by atoms with E-state index >= 15 is 0 Å². The Balaban J connectivity index is 0.00000225. The van der Waals surface area contributed by atoms with Crippen molar-refractivity contribution in [1.82, 2.24) is 20.5 Å². The van der Waals surface area contributed by atoms with Gasteiger partial charge < -0.3 is 10.6 Å². The summed E-state index contributed by atoms with van der Waals surface area (Å²) in [6, 6.07) is 5.73. The molecule has 0 aromatic carbocycles. The molecular formula is C20H26IN5O2. The number of rotatable bonds is 6. The molecule has 1 saturated carbocycles. The summed E-state index contributed by atoms with van der Waals surface area (Å²) >= 11 is 0. The molecule has 28 heavy (non-hydrogen) atoms. The number of carbonyl (C=O) groups excluding carboxylic acids is 2. The number of halogens is 1. The quantitative estimate of drug-likeness (QED) is 0.206. The summed E-state index contributed by atoms with van der Waals surface area (Å²) in [5.74, 6) is 0.915. The Bertz CT molecular complexity index is 752. The lowest BCUT2D eigenvalue weighted by Crippen LogP contribution is -2.43. The standard InChI is InChI=1S/C20H25N5O2.HI/c1-2-21-20(24-12-15-5-3-4-8-22-15)23-9-10-25-18(26)16-13-6-7-14(11-13)17(16)19(25)27;/h3-8,13-14,16-17H,2,9-12H2,1H3,(H2,21,23,24);1H. The average Bonchev–Trinajstić information content (AvgIpc) is 3.36. The summed E-state index contributed by atoms with van der Waals surface area (Å²) in [7, 11) is 0. The van der Waals surface area contributed by atoms with Crippen LogP contribution in [-0.2, 0) is 16.1 Å². The Morgan fingerprint density at radius 2 is 1.89 bits per heavy atom. The van der Waals surface area contributed by atoms with Gasteiger partial charge in [0, 0.05) is 25.8 Å². The predicted molar refractivity (Wildman–Crippen MR) is 117 cm³/mol. The molecular weight excluding hydrogens is 469 g/mol. The molecule has 1 saturated heterocycles. The number of carbonyl (C=O) groups is 2. The van der Waals surface area contributed by atoms with Crippen LogP contribution in [0.2, 0.25) is 0 Å². The van der Waals surface area contributed by atoms with Crippen LogP contribution in [0.4, 0.5) is 0 Å². The summed E-state index contributed by atoms with van der Waals surface area (Å²) in [6.45, 7) is 4.05. The number of hydrogen-bond acceptors (Lipinski definition) is 4. The van der Waals surface area contributed by atoms with E-state index in [1.165, 1.54) is 4.90 Å². The van der Waals surface area contributed by atoms with E-state index in [1.54, 1.807) is 6.20 Å². The van der Waals surface area contributed by atoms with Gasteiger partial charge in [-0.3, -0.25) is 19.5 Å². The van der Waals surface area contributed by atoms with Gasteiger partial charge in [0.25, 0.3) is 0 Å². The molecule has 2 fully saturated rings. The Morgan fingerprint density at radius 1 is 1.18 bits per heavy atom. The highest BCUT2D eigenvalue weighted by atomic mass is 127. The maximum Gasteiger partial charge on any atom is 0.233 e. The van der Waals surface area contributed by atoms with E-state index in [0.717, 1.165) is 18.7 Å². The normalized spacial score (nSPS) is 27.8. The molecule has 2 bridgehead atoms. The number of aromatic nitrogens is 1. The van der Waals surface area contributed by atoms with Crippen LogP contribution in [0.3, 0.4) is 0 Å². The zero-order valence-corrected chi connectivity index (χ0v) is 18.2. The molecule has 1 aromatic rings. The van der Waals surface area contributed by atoms with Crippen LogP contribution >= 0.6 is 24.0 Å². The van der Waals surface area contributed by atoms with Crippen molar-refractivity contribution in [1.29, 1.82) is 0 Å². The minimum Gasteiger partial charge on any atom is -0.357 e. The number of amides is 2. The number of imide groups is 1. The predicted octanol–water partition coefficient (Wildman–Crippen LogP) is 1.56. The van der Waals surface area contributed by atoms with Crippen LogP contribution in [0, 0.1) is 23.7 Å². The molecule has 7 nitrogen and oxygen atoms in total. The fraction of sp³-hybridized carbons (Fsp3) is 0.500. The maximum atomic E-state index is 12.7. The van der Waals surface area contributed by atoms with Crippen LogP contribution in [0.5, 0.6) is 0 Å². The van der Waals surface area contributed by atoms with Crippen molar-refractivity contribution in [2.75, 3.05) is 19.6 Å². The third-order valence-electron chi connectivity index (χ3n) is 5.66. The molecule has 2 aliphatic carbocycles. The molecule has 1 aliphatic heterocycles. The molecule has 4 atom stereocenters. The number of allylic oxidation sites excluding steroid dienone is 2. The number of fused-ring (bicyclic) bond motifs is 5. The van der Waals surface area contributed by atoms with E-state index in [4.69, 9.17) is 0 Å². The number of nitrogens with one attached hydrogen (secondary N) is 2. The lowest BCUT2D eigenvalue weighted by Gasteiger charge is -2.18. The highest BCUT2D eigenvalue weighted by Crippen LogP contribution is 2.52. The van der Waals surface area contributed by atoms with Gasteiger partial charge >= 0.3 is 0 Å². The van der Waals surface area contributed by atoms with Crippen LogP contribution < -0.4 is 10.6 Å². The van der Waals surface area contributed by atoms with Gasteiger partial charge in [0.2, 0.25) is 11.8 Å². The van der Waals surface area contributed by atoms with Crippen LogP contribution in [0.25, 0.3) is 0 Å². The average molecular weight is 495 g/mol. The first-order valence-electron chi connectivity index (χ1n) is 9.64.